The predicted molar refractivity (Wildman–Crippen MR) is 89.3 cm³/mol. The van der Waals surface area contributed by atoms with Gasteiger partial charge in [-0.05, 0) is 24.3 Å². The molecule has 1 aliphatic heterocycles. The highest BCUT2D eigenvalue weighted by atomic mass is 32.2. The topological polar surface area (TPSA) is 28.3 Å². The number of nitrogens with one attached hydrogen (secondary N) is 1. The molecule has 0 spiro atoms. The Morgan fingerprint density at radius 3 is 3.05 bits per heavy atom. The molecule has 106 valence electrons. The molecule has 0 unspecified atom stereocenters. The molecular weight excluding hydrogens is 288 g/mol. The summed E-state index contributed by atoms with van der Waals surface area (Å²) in [4.78, 5) is 5.82. The highest BCUT2D eigenvalue weighted by Crippen LogP contribution is 2.31. The van der Waals surface area contributed by atoms with Crippen LogP contribution in [-0.4, -0.2) is 40.2 Å². The van der Waals surface area contributed by atoms with Gasteiger partial charge in [0.2, 0.25) is 0 Å². The fourth-order valence-electron chi connectivity index (χ4n) is 2.94. The summed E-state index contributed by atoms with van der Waals surface area (Å²) in [6.07, 6.45) is 3.01. The molecule has 3 rings (SSSR count). The SMILES string of the molecule is COC[C@@H]1Cc2c([nH]c3ccccc23)CN1C(=S)SC. The van der Waals surface area contributed by atoms with Gasteiger partial charge in [-0.3, -0.25) is 0 Å². The highest BCUT2D eigenvalue weighted by molar-refractivity contribution is 8.22. The van der Waals surface area contributed by atoms with Gasteiger partial charge in [-0.25, -0.2) is 0 Å². The number of ether oxygens (including phenoxy) is 1. The second-order valence-corrected chi connectivity index (χ2v) is 6.48. The van der Waals surface area contributed by atoms with Crippen molar-refractivity contribution in [2.75, 3.05) is 20.0 Å². The molecule has 20 heavy (non-hydrogen) atoms. The van der Waals surface area contributed by atoms with E-state index in [0.29, 0.717) is 12.6 Å². The molecule has 1 aromatic carbocycles. The number of methoxy groups -OCH3 is 1. The van der Waals surface area contributed by atoms with Crippen LogP contribution in [0.25, 0.3) is 10.9 Å². The summed E-state index contributed by atoms with van der Waals surface area (Å²) >= 11 is 7.13. The van der Waals surface area contributed by atoms with Crippen LogP contribution >= 0.6 is 24.0 Å². The Kier molecular flexibility index (Phi) is 4.01. The van der Waals surface area contributed by atoms with Gasteiger partial charge < -0.3 is 14.6 Å². The minimum Gasteiger partial charge on any atom is -0.383 e. The van der Waals surface area contributed by atoms with E-state index in [2.05, 4.69) is 34.1 Å². The zero-order valence-electron chi connectivity index (χ0n) is 11.7. The van der Waals surface area contributed by atoms with Crippen LogP contribution in [0.15, 0.2) is 24.3 Å². The number of nitrogens with zero attached hydrogens (tertiary/aromatic N) is 1. The predicted octanol–water partition coefficient (Wildman–Crippen LogP) is 3.19. The zero-order valence-corrected chi connectivity index (χ0v) is 13.3. The number of para-hydroxylation sites is 1. The summed E-state index contributed by atoms with van der Waals surface area (Å²) in [6.45, 7) is 1.55. The third-order valence-corrected chi connectivity index (χ3v) is 5.20. The second kappa shape index (κ2) is 5.76. The Hall–Kier alpha value is -1.04. The van der Waals surface area contributed by atoms with Crippen molar-refractivity contribution in [2.24, 2.45) is 0 Å². The minimum atomic E-state index is 0.326. The first-order valence-corrected chi connectivity index (χ1v) is 8.30. The van der Waals surface area contributed by atoms with Crippen molar-refractivity contribution < 1.29 is 4.74 Å². The van der Waals surface area contributed by atoms with Gasteiger partial charge in [0.1, 0.15) is 4.32 Å². The Labute approximate surface area is 128 Å². The normalized spacial score (nSPS) is 18.3. The monoisotopic (exact) mass is 306 g/mol. The summed E-state index contributed by atoms with van der Waals surface area (Å²) in [5.74, 6) is 0. The van der Waals surface area contributed by atoms with Crippen LogP contribution in [0.2, 0.25) is 0 Å². The number of fused-ring (bicyclic) bond motifs is 3. The summed E-state index contributed by atoms with van der Waals surface area (Å²) in [6, 6.07) is 8.82. The molecule has 1 N–H and O–H groups in total. The van der Waals surface area contributed by atoms with Gasteiger partial charge in [0, 0.05) is 23.7 Å². The third kappa shape index (κ3) is 2.34. The molecule has 0 fully saturated rings. The number of aromatic nitrogens is 1. The summed E-state index contributed by atoms with van der Waals surface area (Å²) in [7, 11) is 1.76. The number of benzene rings is 1. The number of thioether (sulfide) groups is 1. The van der Waals surface area contributed by atoms with Crippen LogP contribution < -0.4 is 0 Å². The first-order valence-electron chi connectivity index (χ1n) is 6.66. The van der Waals surface area contributed by atoms with Gasteiger partial charge in [-0.15, -0.1) is 11.8 Å². The van der Waals surface area contributed by atoms with E-state index in [1.165, 1.54) is 22.2 Å². The molecule has 0 radical (unpaired) electrons. The van der Waals surface area contributed by atoms with E-state index in [1.807, 2.05) is 6.26 Å². The average Bonchev–Trinajstić information content (AvgIpc) is 2.84. The Bertz CT molecular complexity index is 638. The smallest absolute Gasteiger partial charge is 0.136 e. The van der Waals surface area contributed by atoms with Crippen molar-refractivity contribution in [3.63, 3.8) is 0 Å². The number of H-pyrrole nitrogens is 1. The summed E-state index contributed by atoms with van der Waals surface area (Å²) < 4.78 is 6.33. The fourth-order valence-corrected chi connectivity index (χ4v) is 3.60. The number of thiocarbonyl (C=S) groups is 1. The maximum Gasteiger partial charge on any atom is 0.136 e. The Morgan fingerprint density at radius 1 is 1.50 bits per heavy atom. The van der Waals surface area contributed by atoms with E-state index in [-0.39, 0.29) is 0 Å². The highest BCUT2D eigenvalue weighted by Gasteiger charge is 2.29. The number of aromatic amines is 1. The van der Waals surface area contributed by atoms with Gasteiger partial charge in [0.05, 0.1) is 19.2 Å². The lowest BCUT2D eigenvalue weighted by Gasteiger charge is -2.36. The number of hydrogen-bond acceptors (Lipinski definition) is 3. The van der Waals surface area contributed by atoms with Crippen LogP contribution in [0.3, 0.4) is 0 Å². The molecule has 0 aliphatic carbocycles. The summed E-state index contributed by atoms with van der Waals surface area (Å²) in [5, 5.41) is 1.33. The Morgan fingerprint density at radius 2 is 2.30 bits per heavy atom. The van der Waals surface area contributed by atoms with Crippen LogP contribution in [0.1, 0.15) is 11.3 Å². The molecule has 0 amide bonds. The first-order chi connectivity index (χ1) is 9.74. The van der Waals surface area contributed by atoms with Crippen LogP contribution in [0, 0.1) is 0 Å². The molecule has 3 nitrogen and oxygen atoms in total. The number of hydrogen-bond donors (Lipinski definition) is 1. The van der Waals surface area contributed by atoms with Crippen molar-refractivity contribution in [3.8, 4) is 0 Å². The van der Waals surface area contributed by atoms with E-state index < -0.39 is 0 Å². The molecule has 1 aromatic heterocycles. The number of rotatable bonds is 2. The fraction of sp³-hybridized carbons (Fsp3) is 0.400. The molecule has 1 aliphatic rings. The quantitative estimate of drug-likeness (QED) is 0.863. The minimum absolute atomic E-state index is 0.326. The molecular formula is C15H18N2OS2. The lowest BCUT2D eigenvalue weighted by Crippen LogP contribution is -2.44. The summed E-state index contributed by atoms with van der Waals surface area (Å²) in [5.41, 5.74) is 3.92. The van der Waals surface area contributed by atoms with Crippen molar-refractivity contribution in [2.45, 2.75) is 19.0 Å². The maximum absolute atomic E-state index is 5.50. The van der Waals surface area contributed by atoms with E-state index in [9.17, 15) is 0 Å². The van der Waals surface area contributed by atoms with Gasteiger partial charge in [0.15, 0.2) is 0 Å². The van der Waals surface area contributed by atoms with Crippen LogP contribution in [-0.2, 0) is 17.7 Å². The van der Waals surface area contributed by atoms with Crippen molar-refractivity contribution in [1.29, 1.82) is 0 Å². The molecule has 1 atom stereocenters. The maximum atomic E-state index is 5.50. The van der Waals surface area contributed by atoms with Gasteiger partial charge >= 0.3 is 0 Å². The lowest BCUT2D eigenvalue weighted by atomic mass is 9.97. The lowest BCUT2D eigenvalue weighted by molar-refractivity contribution is 0.121. The van der Waals surface area contributed by atoms with Gasteiger partial charge in [-0.1, -0.05) is 30.4 Å². The van der Waals surface area contributed by atoms with E-state index in [1.54, 1.807) is 18.9 Å². The largest absolute Gasteiger partial charge is 0.383 e. The van der Waals surface area contributed by atoms with Crippen molar-refractivity contribution >= 4 is 39.2 Å². The molecule has 0 saturated carbocycles. The second-order valence-electron chi connectivity index (χ2n) is 5.04. The average molecular weight is 306 g/mol. The van der Waals surface area contributed by atoms with Crippen molar-refractivity contribution in [1.82, 2.24) is 9.88 Å². The van der Waals surface area contributed by atoms with E-state index in [0.717, 1.165) is 17.3 Å². The molecule has 0 bridgehead atoms. The molecule has 5 heteroatoms. The molecule has 0 saturated heterocycles. The van der Waals surface area contributed by atoms with Gasteiger partial charge in [0.25, 0.3) is 0 Å². The van der Waals surface area contributed by atoms with Crippen molar-refractivity contribution in [3.05, 3.63) is 35.5 Å². The third-order valence-electron chi connectivity index (χ3n) is 3.88. The van der Waals surface area contributed by atoms with E-state index in [4.69, 9.17) is 17.0 Å². The Balaban J connectivity index is 2.01. The molecule has 2 aromatic rings. The van der Waals surface area contributed by atoms with Gasteiger partial charge in [-0.2, -0.15) is 0 Å². The van der Waals surface area contributed by atoms with Crippen LogP contribution in [0.5, 0.6) is 0 Å². The van der Waals surface area contributed by atoms with E-state index >= 15 is 0 Å². The molecule has 2 heterocycles. The standard InChI is InChI=1S/C15H18N2OS2/c1-18-9-10-7-12-11-5-3-4-6-13(11)16-14(12)8-17(10)15(19)20-2/h3-6,10,16H,7-9H2,1-2H3/t10-/m0/s1. The first kappa shape index (κ1) is 13.9. The van der Waals surface area contributed by atoms with Crippen LogP contribution in [0.4, 0.5) is 0 Å². The zero-order chi connectivity index (χ0) is 14.1.